The minimum Gasteiger partial charge on any atom is -0.493 e. The smallest absolute Gasteiger partial charge is 0.493 e. The number of rotatable bonds is 5. The van der Waals surface area contributed by atoms with Gasteiger partial charge in [0.1, 0.15) is 13.2 Å². The van der Waals surface area contributed by atoms with Crippen LogP contribution >= 0.6 is 0 Å². The van der Waals surface area contributed by atoms with E-state index in [-0.39, 0.29) is 5.69 Å². The zero-order chi connectivity index (χ0) is 20.1. The number of amides is 1. The van der Waals surface area contributed by atoms with E-state index in [2.05, 4.69) is 10.1 Å². The van der Waals surface area contributed by atoms with Gasteiger partial charge in [-0.2, -0.15) is 0 Å². The summed E-state index contributed by atoms with van der Waals surface area (Å²) in [7, 11) is 1.48. The normalized spacial score (nSPS) is 13.3. The molecule has 0 fully saturated rings. The number of halogens is 3. The lowest BCUT2D eigenvalue weighted by molar-refractivity contribution is -0.274. The fraction of sp³-hybridized carbons (Fsp3) is 0.211. The Labute approximate surface area is 158 Å². The fourth-order valence-corrected chi connectivity index (χ4v) is 2.52. The molecule has 0 aliphatic carbocycles. The molecule has 9 heteroatoms. The Hall–Kier alpha value is -3.36. The van der Waals surface area contributed by atoms with Gasteiger partial charge in [0.2, 0.25) is 11.7 Å². The lowest BCUT2D eigenvalue weighted by atomic mass is 10.1. The summed E-state index contributed by atoms with van der Waals surface area (Å²) in [5.41, 5.74) is 0.491. The lowest BCUT2D eigenvalue weighted by Crippen LogP contribution is -2.19. The van der Waals surface area contributed by atoms with Crippen LogP contribution in [-0.2, 0) is 4.79 Å². The van der Waals surface area contributed by atoms with Crippen molar-refractivity contribution < 1.29 is 36.9 Å². The quantitative estimate of drug-likeness (QED) is 0.775. The van der Waals surface area contributed by atoms with Gasteiger partial charge < -0.3 is 24.3 Å². The van der Waals surface area contributed by atoms with Crippen LogP contribution in [0.5, 0.6) is 23.0 Å². The summed E-state index contributed by atoms with van der Waals surface area (Å²) >= 11 is 0. The number of methoxy groups -OCH3 is 1. The van der Waals surface area contributed by atoms with E-state index in [1.54, 1.807) is 12.1 Å². The highest BCUT2D eigenvalue weighted by atomic mass is 19.4. The van der Waals surface area contributed by atoms with E-state index >= 15 is 0 Å². The number of fused-ring (bicyclic) bond motifs is 1. The molecule has 0 radical (unpaired) electrons. The molecule has 1 aliphatic heterocycles. The Bertz CT molecular complexity index is 878. The van der Waals surface area contributed by atoms with Gasteiger partial charge >= 0.3 is 6.36 Å². The highest BCUT2D eigenvalue weighted by Crippen LogP contribution is 2.40. The van der Waals surface area contributed by atoms with E-state index in [0.29, 0.717) is 36.0 Å². The van der Waals surface area contributed by atoms with Crippen molar-refractivity contribution in [1.29, 1.82) is 0 Å². The number of benzene rings is 2. The van der Waals surface area contributed by atoms with Gasteiger partial charge in [0.05, 0.1) is 12.8 Å². The van der Waals surface area contributed by atoms with Crippen LogP contribution in [0.3, 0.4) is 0 Å². The molecule has 0 bridgehead atoms. The Morgan fingerprint density at radius 1 is 1.14 bits per heavy atom. The van der Waals surface area contributed by atoms with E-state index in [1.807, 2.05) is 0 Å². The van der Waals surface area contributed by atoms with Crippen LogP contribution in [0.25, 0.3) is 6.08 Å². The van der Waals surface area contributed by atoms with Crippen molar-refractivity contribution in [3.63, 3.8) is 0 Å². The van der Waals surface area contributed by atoms with E-state index in [4.69, 9.17) is 14.2 Å². The fourth-order valence-electron chi connectivity index (χ4n) is 2.52. The Kier molecular flexibility index (Phi) is 5.62. The standard InChI is InChI=1S/C19H16F3NO5/c1-25-15-10-12(11-16-18(15)27-9-8-26-16)6-7-17(24)23-13-4-2-3-5-14(13)28-19(20,21)22/h2-7,10-11H,8-9H2,1H3,(H,23,24)/b7-6+. The second-order valence-electron chi connectivity index (χ2n) is 5.61. The molecule has 1 heterocycles. The number of alkyl halides is 3. The number of hydrogen-bond donors (Lipinski definition) is 1. The average molecular weight is 395 g/mol. The summed E-state index contributed by atoms with van der Waals surface area (Å²) in [4.78, 5) is 12.1. The highest BCUT2D eigenvalue weighted by molar-refractivity contribution is 6.02. The number of nitrogens with one attached hydrogen (secondary N) is 1. The molecule has 0 aromatic heterocycles. The van der Waals surface area contributed by atoms with Crippen molar-refractivity contribution in [3.8, 4) is 23.0 Å². The second kappa shape index (κ2) is 8.12. The third kappa shape index (κ3) is 4.87. The molecule has 2 aromatic carbocycles. The van der Waals surface area contributed by atoms with Gasteiger partial charge in [0.25, 0.3) is 0 Å². The number of ether oxygens (including phenoxy) is 4. The molecule has 148 valence electrons. The van der Waals surface area contributed by atoms with Crippen molar-refractivity contribution in [1.82, 2.24) is 0 Å². The second-order valence-corrected chi connectivity index (χ2v) is 5.61. The van der Waals surface area contributed by atoms with Crippen LogP contribution in [-0.4, -0.2) is 32.6 Å². The van der Waals surface area contributed by atoms with Crippen molar-refractivity contribution in [2.75, 3.05) is 25.6 Å². The van der Waals surface area contributed by atoms with Crippen LogP contribution in [0, 0.1) is 0 Å². The average Bonchev–Trinajstić information content (AvgIpc) is 2.66. The maximum atomic E-state index is 12.5. The summed E-state index contributed by atoms with van der Waals surface area (Å²) in [6.45, 7) is 0.792. The first-order valence-electron chi connectivity index (χ1n) is 8.17. The number of carbonyl (C=O) groups excluding carboxylic acids is 1. The minimum atomic E-state index is -4.86. The van der Waals surface area contributed by atoms with Gasteiger partial charge in [-0.05, 0) is 35.9 Å². The SMILES string of the molecule is COc1cc(/C=C/C(=O)Nc2ccccc2OC(F)(F)F)cc2c1OCCO2. The number of para-hydroxylation sites is 2. The first kappa shape index (κ1) is 19.4. The molecule has 1 N–H and O–H groups in total. The molecule has 1 aliphatic rings. The topological polar surface area (TPSA) is 66.0 Å². The first-order valence-corrected chi connectivity index (χ1v) is 8.17. The minimum absolute atomic E-state index is 0.103. The zero-order valence-electron chi connectivity index (χ0n) is 14.7. The number of hydrogen-bond acceptors (Lipinski definition) is 5. The van der Waals surface area contributed by atoms with Crippen LogP contribution in [0.4, 0.5) is 18.9 Å². The Balaban J connectivity index is 1.75. The molecular formula is C19H16F3NO5. The molecule has 28 heavy (non-hydrogen) atoms. The third-order valence-corrected chi connectivity index (χ3v) is 3.65. The van der Waals surface area contributed by atoms with Crippen LogP contribution < -0.4 is 24.3 Å². The van der Waals surface area contributed by atoms with Crippen LogP contribution in [0.2, 0.25) is 0 Å². The molecule has 3 rings (SSSR count). The molecule has 0 saturated heterocycles. The van der Waals surface area contributed by atoms with Crippen molar-refractivity contribution in [2.45, 2.75) is 6.36 Å². The van der Waals surface area contributed by atoms with Gasteiger partial charge in [-0.25, -0.2) is 0 Å². The summed E-state index contributed by atoms with van der Waals surface area (Å²) in [6.07, 6.45) is -2.21. The monoisotopic (exact) mass is 395 g/mol. The van der Waals surface area contributed by atoms with Gasteiger partial charge in [-0.1, -0.05) is 12.1 Å². The molecular weight excluding hydrogens is 379 g/mol. The number of anilines is 1. The Morgan fingerprint density at radius 3 is 2.64 bits per heavy atom. The van der Waals surface area contributed by atoms with E-state index < -0.39 is 18.0 Å². The molecule has 0 unspecified atom stereocenters. The highest BCUT2D eigenvalue weighted by Gasteiger charge is 2.32. The van der Waals surface area contributed by atoms with E-state index in [0.717, 1.165) is 6.07 Å². The van der Waals surface area contributed by atoms with Crippen LogP contribution in [0.1, 0.15) is 5.56 Å². The van der Waals surface area contributed by atoms with E-state index in [1.165, 1.54) is 37.5 Å². The van der Waals surface area contributed by atoms with Crippen molar-refractivity contribution in [2.24, 2.45) is 0 Å². The predicted molar refractivity (Wildman–Crippen MR) is 94.8 cm³/mol. The summed E-state index contributed by atoms with van der Waals surface area (Å²) in [5.74, 6) is 0.272. The molecule has 0 spiro atoms. The van der Waals surface area contributed by atoms with Crippen molar-refractivity contribution >= 4 is 17.7 Å². The molecule has 6 nitrogen and oxygen atoms in total. The van der Waals surface area contributed by atoms with Gasteiger partial charge in [0.15, 0.2) is 17.2 Å². The zero-order valence-corrected chi connectivity index (χ0v) is 14.7. The maximum absolute atomic E-state index is 12.5. The maximum Gasteiger partial charge on any atom is 0.573 e. The largest absolute Gasteiger partial charge is 0.573 e. The summed E-state index contributed by atoms with van der Waals surface area (Å²) in [6, 6.07) is 8.58. The molecule has 2 aromatic rings. The summed E-state index contributed by atoms with van der Waals surface area (Å²) < 4.78 is 57.5. The predicted octanol–water partition coefficient (Wildman–Crippen LogP) is 4.02. The third-order valence-electron chi connectivity index (χ3n) is 3.65. The van der Waals surface area contributed by atoms with Crippen LogP contribution in [0.15, 0.2) is 42.5 Å². The van der Waals surface area contributed by atoms with Gasteiger partial charge in [-0.3, -0.25) is 4.79 Å². The lowest BCUT2D eigenvalue weighted by Gasteiger charge is -2.20. The van der Waals surface area contributed by atoms with E-state index in [9.17, 15) is 18.0 Å². The summed E-state index contributed by atoms with van der Waals surface area (Å²) in [5, 5.41) is 2.36. The van der Waals surface area contributed by atoms with Gasteiger partial charge in [-0.15, -0.1) is 13.2 Å². The van der Waals surface area contributed by atoms with Crippen molar-refractivity contribution in [3.05, 3.63) is 48.0 Å². The Morgan fingerprint density at radius 2 is 1.89 bits per heavy atom. The number of carbonyl (C=O) groups is 1. The molecule has 1 amide bonds. The molecule has 0 atom stereocenters. The molecule has 0 saturated carbocycles. The van der Waals surface area contributed by atoms with Gasteiger partial charge in [0, 0.05) is 6.08 Å². The first-order chi connectivity index (χ1) is 13.4.